The average molecular weight is 384 g/mol. The van der Waals surface area contributed by atoms with Crippen molar-refractivity contribution >= 4 is 51.7 Å². The maximum absolute atomic E-state index is 11.8. The molecule has 0 unspecified atom stereocenters. The van der Waals surface area contributed by atoms with Crippen LogP contribution in [-0.4, -0.2) is 15.5 Å². The third kappa shape index (κ3) is 3.49. The number of amides is 1. The third-order valence-corrected chi connectivity index (χ3v) is 4.58. The number of hydrazine groups is 1. The zero-order chi connectivity index (χ0) is 17.3. The first-order chi connectivity index (χ1) is 11.5. The van der Waals surface area contributed by atoms with E-state index in [0.29, 0.717) is 32.8 Å². The van der Waals surface area contributed by atoms with Gasteiger partial charge in [-0.25, -0.2) is 10.8 Å². The Bertz CT molecular complexity index is 906. The number of nitrogens with one attached hydrogen (secondary N) is 1. The Kier molecular flexibility index (Phi) is 4.96. The zero-order valence-corrected chi connectivity index (χ0v) is 14.7. The first-order valence-electron chi connectivity index (χ1n) is 7.06. The number of nitrogens with two attached hydrogens (primary N) is 1. The Morgan fingerprint density at radius 3 is 2.46 bits per heavy atom. The van der Waals surface area contributed by atoms with Crippen LogP contribution in [-0.2, 0) is 17.8 Å². The van der Waals surface area contributed by atoms with Crippen LogP contribution >= 0.6 is 34.8 Å². The van der Waals surface area contributed by atoms with Crippen molar-refractivity contribution in [2.24, 2.45) is 5.84 Å². The summed E-state index contributed by atoms with van der Waals surface area (Å²) in [6.45, 7) is 0.0356. The summed E-state index contributed by atoms with van der Waals surface area (Å²) in [5, 5.41) is 1.47. The van der Waals surface area contributed by atoms with E-state index in [0.717, 1.165) is 11.1 Å². The van der Waals surface area contributed by atoms with E-state index in [1.54, 1.807) is 16.7 Å². The van der Waals surface area contributed by atoms with E-state index in [-0.39, 0.29) is 12.5 Å². The number of fused-ring (bicyclic) bond motifs is 1. The Labute approximate surface area is 153 Å². The molecule has 0 saturated carbocycles. The lowest BCUT2D eigenvalue weighted by Crippen LogP contribution is -2.33. The molecule has 0 aliphatic heterocycles. The summed E-state index contributed by atoms with van der Waals surface area (Å²) in [5.74, 6) is 5.58. The minimum Gasteiger partial charge on any atom is -0.318 e. The highest BCUT2D eigenvalue weighted by molar-refractivity contribution is 6.42. The molecule has 5 nitrogen and oxygen atoms in total. The van der Waals surface area contributed by atoms with Crippen molar-refractivity contribution in [2.75, 3.05) is 0 Å². The maximum atomic E-state index is 11.8. The van der Waals surface area contributed by atoms with Gasteiger partial charge in [0.15, 0.2) is 0 Å². The number of halogens is 3. The highest BCUT2D eigenvalue weighted by Gasteiger charge is 2.15. The molecule has 3 N–H and O–H groups in total. The number of carbonyl (C=O) groups excluding carboxylic acids is 1. The van der Waals surface area contributed by atoms with Crippen molar-refractivity contribution < 1.29 is 4.79 Å². The van der Waals surface area contributed by atoms with Gasteiger partial charge in [0.2, 0.25) is 0 Å². The first kappa shape index (κ1) is 17.0. The normalized spacial score (nSPS) is 11.0. The van der Waals surface area contributed by atoms with Crippen LogP contribution in [0.2, 0.25) is 15.1 Å². The van der Waals surface area contributed by atoms with E-state index in [9.17, 15) is 4.79 Å². The van der Waals surface area contributed by atoms with Gasteiger partial charge in [0.1, 0.15) is 12.4 Å². The molecule has 0 atom stereocenters. The number of nitrogens with zero attached hydrogens (tertiary/aromatic N) is 2. The molecule has 3 rings (SSSR count). The maximum Gasteiger partial charge on any atom is 0.253 e. The lowest BCUT2D eigenvalue weighted by Gasteiger charge is -2.09. The molecule has 1 heterocycles. The molecule has 0 spiro atoms. The van der Waals surface area contributed by atoms with Gasteiger partial charge in [-0.3, -0.25) is 10.2 Å². The summed E-state index contributed by atoms with van der Waals surface area (Å²) in [6.07, 6.45) is 0.527. The van der Waals surface area contributed by atoms with Crippen LogP contribution in [0.15, 0.2) is 36.4 Å². The Morgan fingerprint density at radius 2 is 1.79 bits per heavy atom. The van der Waals surface area contributed by atoms with E-state index in [1.807, 2.05) is 24.3 Å². The summed E-state index contributed by atoms with van der Waals surface area (Å²) >= 11 is 18.1. The molecule has 0 fully saturated rings. The Morgan fingerprint density at radius 1 is 1.12 bits per heavy atom. The number of rotatable bonds is 4. The minimum absolute atomic E-state index is 0.0356. The van der Waals surface area contributed by atoms with Gasteiger partial charge in [-0.1, -0.05) is 46.9 Å². The van der Waals surface area contributed by atoms with Crippen molar-refractivity contribution in [2.45, 2.75) is 13.0 Å². The zero-order valence-electron chi connectivity index (χ0n) is 12.4. The van der Waals surface area contributed by atoms with E-state index >= 15 is 0 Å². The number of aromatic nitrogens is 2. The predicted molar refractivity (Wildman–Crippen MR) is 96.3 cm³/mol. The monoisotopic (exact) mass is 382 g/mol. The summed E-state index contributed by atoms with van der Waals surface area (Å²) in [4.78, 5) is 16.3. The first-order valence-corrected chi connectivity index (χ1v) is 8.19. The predicted octanol–water partition coefficient (Wildman–Crippen LogP) is 3.58. The molecule has 1 aromatic heterocycles. The number of benzene rings is 2. The van der Waals surface area contributed by atoms with Crippen LogP contribution in [0.3, 0.4) is 0 Å². The molecule has 3 aromatic rings. The van der Waals surface area contributed by atoms with Crippen molar-refractivity contribution in [1.29, 1.82) is 0 Å². The second-order valence-corrected chi connectivity index (χ2v) is 6.49. The van der Waals surface area contributed by atoms with Gasteiger partial charge in [-0.2, -0.15) is 0 Å². The molecule has 1 amide bonds. The van der Waals surface area contributed by atoms with Gasteiger partial charge < -0.3 is 4.57 Å². The SMILES string of the molecule is NNC(=O)Cn1c(Cc2ccc(Cl)cc2)nc2cc(Cl)c(Cl)cc21. The molecule has 0 radical (unpaired) electrons. The standard InChI is InChI=1S/C16H13Cl3N4O/c17-10-3-1-9(2-4-10)5-15-21-13-6-11(18)12(19)7-14(13)23(15)8-16(24)22-20/h1-4,6-7H,5,8,20H2,(H,22,24). The van der Waals surface area contributed by atoms with Gasteiger partial charge in [0.05, 0.1) is 21.1 Å². The third-order valence-electron chi connectivity index (χ3n) is 3.61. The Balaban J connectivity index is 2.08. The second-order valence-electron chi connectivity index (χ2n) is 5.24. The average Bonchev–Trinajstić information content (AvgIpc) is 2.87. The summed E-state index contributed by atoms with van der Waals surface area (Å²) < 4.78 is 1.77. The molecule has 0 aliphatic carbocycles. The van der Waals surface area contributed by atoms with E-state index in [1.165, 1.54) is 0 Å². The molecular formula is C16H13Cl3N4O. The number of hydrogen-bond donors (Lipinski definition) is 2. The largest absolute Gasteiger partial charge is 0.318 e. The van der Waals surface area contributed by atoms with E-state index in [2.05, 4.69) is 10.4 Å². The molecule has 124 valence electrons. The van der Waals surface area contributed by atoms with Crippen molar-refractivity contribution in [1.82, 2.24) is 15.0 Å². The number of carbonyl (C=O) groups is 1. The fraction of sp³-hybridized carbons (Fsp3) is 0.125. The molecule has 8 heteroatoms. The van der Waals surface area contributed by atoms with Crippen LogP contribution < -0.4 is 11.3 Å². The van der Waals surface area contributed by atoms with Crippen molar-refractivity contribution in [3.8, 4) is 0 Å². The van der Waals surface area contributed by atoms with Crippen molar-refractivity contribution in [3.63, 3.8) is 0 Å². The molecule has 0 aliphatic rings. The van der Waals surface area contributed by atoms with E-state index < -0.39 is 0 Å². The molecular weight excluding hydrogens is 371 g/mol. The highest BCUT2D eigenvalue weighted by atomic mass is 35.5. The lowest BCUT2D eigenvalue weighted by molar-refractivity contribution is -0.121. The molecule has 24 heavy (non-hydrogen) atoms. The highest BCUT2D eigenvalue weighted by Crippen LogP contribution is 2.29. The topological polar surface area (TPSA) is 72.9 Å². The summed E-state index contributed by atoms with van der Waals surface area (Å²) in [6, 6.07) is 10.8. The molecule has 0 bridgehead atoms. The summed E-state index contributed by atoms with van der Waals surface area (Å²) in [5.41, 5.74) is 4.53. The quantitative estimate of drug-likeness (QED) is 0.411. The van der Waals surface area contributed by atoms with Gasteiger partial charge in [0.25, 0.3) is 5.91 Å². The second kappa shape index (κ2) is 6.99. The number of imidazole rings is 1. The fourth-order valence-electron chi connectivity index (χ4n) is 2.46. The van der Waals surface area contributed by atoms with Crippen LogP contribution in [0, 0.1) is 0 Å². The smallest absolute Gasteiger partial charge is 0.253 e. The van der Waals surface area contributed by atoms with Gasteiger partial charge in [-0.05, 0) is 29.8 Å². The van der Waals surface area contributed by atoms with Gasteiger partial charge in [-0.15, -0.1) is 0 Å². The lowest BCUT2D eigenvalue weighted by atomic mass is 10.1. The fourth-order valence-corrected chi connectivity index (χ4v) is 2.90. The van der Waals surface area contributed by atoms with Crippen LogP contribution in [0.5, 0.6) is 0 Å². The molecule has 0 saturated heterocycles. The minimum atomic E-state index is -0.335. The van der Waals surface area contributed by atoms with Crippen molar-refractivity contribution in [3.05, 3.63) is 62.9 Å². The van der Waals surface area contributed by atoms with Crippen LogP contribution in [0.1, 0.15) is 11.4 Å². The number of hydrogen-bond acceptors (Lipinski definition) is 3. The Hall–Kier alpha value is -1.79. The van der Waals surface area contributed by atoms with Crippen LogP contribution in [0.4, 0.5) is 0 Å². The van der Waals surface area contributed by atoms with E-state index in [4.69, 9.17) is 40.6 Å². The summed E-state index contributed by atoms with van der Waals surface area (Å²) in [7, 11) is 0. The van der Waals surface area contributed by atoms with Gasteiger partial charge >= 0.3 is 0 Å². The van der Waals surface area contributed by atoms with Gasteiger partial charge in [0, 0.05) is 11.4 Å². The molecule has 2 aromatic carbocycles. The van der Waals surface area contributed by atoms with Crippen LogP contribution in [0.25, 0.3) is 11.0 Å².